The number of aromatic carboxylic acids is 1. The van der Waals surface area contributed by atoms with Crippen LogP contribution in [-0.4, -0.2) is 16.2 Å². The molecular weight excluding hydrogens is 224 g/mol. The van der Waals surface area contributed by atoms with Gasteiger partial charge in [-0.2, -0.15) is 0 Å². The monoisotopic (exact) mass is 230 g/mol. The van der Waals surface area contributed by atoms with E-state index in [-0.39, 0.29) is 11.3 Å². The molecule has 0 amide bonds. The van der Waals surface area contributed by atoms with E-state index < -0.39 is 5.97 Å². The van der Waals surface area contributed by atoms with Gasteiger partial charge in [0.25, 0.3) is 0 Å². The van der Waals surface area contributed by atoms with E-state index in [1.807, 2.05) is 0 Å². The van der Waals surface area contributed by atoms with Gasteiger partial charge in [0.05, 0.1) is 5.56 Å². The number of carboxylic acid groups (broad SMARTS) is 1. The first-order valence-electron chi connectivity index (χ1n) is 3.26. The summed E-state index contributed by atoms with van der Waals surface area (Å²) in [7, 11) is 0. The molecule has 4 heteroatoms. The van der Waals surface area contributed by atoms with Gasteiger partial charge in [-0.05, 0) is 18.2 Å². The molecule has 0 saturated carbocycles. The average Bonchev–Trinajstić information content (AvgIpc) is 2.05. The second-order valence-electron chi connectivity index (χ2n) is 2.28. The van der Waals surface area contributed by atoms with Gasteiger partial charge in [-0.3, -0.25) is 0 Å². The third kappa shape index (κ3) is 1.76. The Morgan fingerprint density at radius 1 is 1.50 bits per heavy atom. The Hall–Kier alpha value is -1.03. The molecule has 0 fully saturated rings. The Labute approximate surface area is 77.8 Å². The molecule has 0 saturated heterocycles. The minimum absolute atomic E-state index is 0.108. The Kier molecular flexibility index (Phi) is 2.70. The highest BCUT2D eigenvalue weighted by atomic mass is 79.9. The molecule has 0 aromatic heterocycles. The number of carboxylic acids is 1. The second-order valence-corrected chi connectivity index (χ2v) is 2.84. The third-order valence-corrected chi connectivity index (χ3v) is 2.07. The lowest BCUT2D eigenvalue weighted by atomic mass is 10.1. The van der Waals surface area contributed by atoms with E-state index in [1.165, 1.54) is 18.2 Å². The molecule has 12 heavy (non-hydrogen) atoms. The maximum absolute atomic E-state index is 10.5. The van der Waals surface area contributed by atoms with Gasteiger partial charge in [-0.15, -0.1) is 0 Å². The van der Waals surface area contributed by atoms with Crippen molar-refractivity contribution < 1.29 is 15.0 Å². The number of halogens is 1. The summed E-state index contributed by atoms with van der Waals surface area (Å²) in [5, 5.41) is 18.2. The van der Waals surface area contributed by atoms with Crippen LogP contribution in [0.2, 0.25) is 0 Å². The molecule has 0 radical (unpaired) electrons. The molecule has 0 aliphatic carbocycles. The smallest absolute Gasteiger partial charge is 0.335 e. The zero-order valence-electron chi connectivity index (χ0n) is 6.12. The summed E-state index contributed by atoms with van der Waals surface area (Å²) in [5.41, 5.74) is 0.761. The van der Waals surface area contributed by atoms with Gasteiger partial charge in [0.2, 0.25) is 0 Å². The number of carbonyl (C=O) groups is 1. The summed E-state index contributed by atoms with van der Waals surface area (Å²) in [4.78, 5) is 10.5. The van der Waals surface area contributed by atoms with Crippen LogP contribution in [0.15, 0.2) is 18.2 Å². The number of alkyl halides is 1. The number of phenolic OH excluding ortho intramolecular Hbond substituents is 1. The first kappa shape index (κ1) is 9.06. The lowest BCUT2D eigenvalue weighted by Gasteiger charge is -2.01. The van der Waals surface area contributed by atoms with Crippen molar-refractivity contribution in [1.82, 2.24) is 0 Å². The fraction of sp³-hybridized carbons (Fsp3) is 0.125. The third-order valence-electron chi connectivity index (χ3n) is 1.47. The average molecular weight is 231 g/mol. The van der Waals surface area contributed by atoms with E-state index >= 15 is 0 Å². The van der Waals surface area contributed by atoms with Crippen molar-refractivity contribution in [3.05, 3.63) is 29.3 Å². The highest BCUT2D eigenvalue weighted by Crippen LogP contribution is 2.20. The van der Waals surface area contributed by atoms with E-state index in [0.29, 0.717) is 10.9 Å². The van der Waals surface area contributed by atoms with Crippen molar-refractivity contribution in [3.63, 3.8) is 0 Å². The van der Waals surface area contributed by atoms with E-state index in [2.05, 4.69) is 15.9 Å². The first-order valence-corrected chi connectivity index (χ1v) is 4.38. The molecule has 3 nitrogen and oxygen atoms in total. The lowest BCUT2D eigenvalue weighted by Crippen LogP contribution is -1.96. The van der Waals surface area contributed by atoms with Crippen LogP contribution in [0, 0.1) is 0 Å². The topological polar surface area (TPSA) is 57.5 Å². The largest absolute Gasteiger partial charge is 0.508 e. The highest BCUT2D eigenvalue weighted by Gasteiger charge is 2.05. The van der Waals surface area contributed by atoms with Crippen LogP contribution in [0.4, 0.5) is 0 Å². The fourth-order valence-electron chi connectivity index (χ4n) is 0.826. The molecular formula is C8H7BrO3. The summed E-state index contributed by atoms with van der Waals surface area (Å²) < 4.78 is 0. The zero-order valence-corrected chi connectivity index (χ0v) is 7.71. The second kappa shape index (κ2) is 3.58. The van der Waals surface area contributed by atoms with Crippen LogP contribution < -0.4 is 0 Å². The number of aromatic hydroxyl groups is 1. The maximum atomic E-state index is 10.5. The molecule has 0 aliphatic rings. The zero-order chi connectivity index (χ0) is 9.14. The van der Waals surface area contributed by atoms with Crippen LogP contribution in [-0.2, 0) is 5.33 Å². The van der Waals surface area contributed by atoms with Crippen LogP contribution in [0.1, 0.15) is 15.9 Å². The van der Waals surface area contributed by atoms with Crippen LogP contribution in [0.3, 0.4) is 0 Å². The van der Waals surface area contributed by atoms with E-state index in [4.69, 9.17) is 5.11 Å². The number of rotatable bonds is 2. The number of benzene rings is 1. The van der Waals surface area contributed by atoms with Crippen molar-refractivity contribution in [3.8, 4) is 5.75 Å². The van der Waals surface area contributed by atoms with Gasteiger partial charge < -0.3 is 10.2 Å². The molecule has 0 atom stereocenters. The van der Waals surface area contributed by atoms with Crippen LogP contribution in [0.25, 0.3) is 0 Å². The van der Waals surface area contributed by atoms with Crippen LogP contribution >= 0.6 is 15.9 Å². The standard InChI is InChI=1S/C8H7BrO3/c9-4-6-3-5(8(11)12)1-2-7(6)10/h1-3,10H,4H2,(H,11,12). The molecule has 0 unspecified atom stereocenters. The van der Waals surface area contributed by atoms with Gasteiger partial charge in [0, 0.05) is 10.9 Å². The maximum Gasteiger partial charge on any atom is 0.335 e. The van der Waals surface area contributed by atoms with Crippen molar-refractivity contribution in [2.45, 2.75) is 5.33 Å². The predicted octanol–water partition coefficient (Wildman–Crippen LogP) is 1.99. The van der Waals surface area contributed by atoms with Gasteiger partial charge in [-0.1, -0.05) is 15.9 Å². The van der Waals surface area contributed by atoms with Gasteiger partial charge >= 0.3 is 5.97 Å². The summed E-state index contributed by atoms with van der Waals surface area (Å²) >= 11 is 3.14. The van der Waals surface area contributed by atoms with E-state index in [1.54, 1.807) is 0 Å². The van der Waals surface area contributed by atoms with Gasteiger partial charge in [0.15, 0.2) is 0 Å². The minimum Gasteiger partial charge on any atom is -0.508 e. The summed E-state index contributed by atoms with van der Waals surface area (Å²) in [6.07, 6.45) is 0. The summed E-state index contributed by atoms with van der Waals surface area (Å²) in [6.45, 7) is 0. The van der Waals surface area contributed by atoms with E-state index in [9.17, 15) is 9.90 Å². The molecule has 0 aliphatic heterocycles. The molecule has 1 aromatic rings. The van der Waals surface area contributed by atoms with E-state index in [0.717, 1.165) is 0 Å². The molecule has 0 bridgehead atoms. The van der Waals surface area contributed by atoms with Crippen molar-refractivity contribution in [2.24, 2.45) is 0 Å². The molecule has 64 valence electrons. The summed E-state index contributed by atoms with van der Waals surface area (Å²) in [6, 6.07) is 4.18. The molecule has 2 N–H and O–H groups in total. The normalized spacial score (nSPS) is 9.75. The minimum atomic E-state index is -0.989. The Balaban J connectivity index is 3.13. The highest BCUT2D eigenvalue weighted by molar-refractivity contribution is 9.08. The molecule has 0 spiro atoms. The lowest BCUT2D eigenvalue weighted by molar-refractivity contribution is 0.0697. The van der Waals surface area contributed by atoms with Gasteiger partial charge in [-0.25, -0.2) is 4.79 Å². The van der Waals surface area contributed by atoms with Gasteiger partial charge in [0.1, 0.15) is 5.75 Å². The molecule has 1 aromatic carbocycles. The number of phenols is 1. The molecule has 1 rings (SSSR count). The number of hydrogen-bond donors (Lipinski definition) is 2. The molecule has 0 heterocycles. The fourth-order valence-corrected chi connectivity index (χ4v) is 1.27. The quantitative estimate of drug-likeness (QED) is 0.765. The summed E-state index contributed by atoms with van der Waals surface area (Å²) in [5.74, 6) is -0.880. The Morgan fingerprint density at radius 3 is 2.67 bits per heavy atom. The Bertz CT molecular complexity index is 309. The van der Waals surface area contributed by atoms with Crippen molar-refractivity contribution in [1.29, 1.82) is 0 Å². The first-order chi connectivity index (χ1) is 5.65. The Morgan fingerprint density at radius 2 is 2.17 bits per heavy atom. The van der Waals surface area contributed by atoms with Crippen LogP contribution in [0.5, 0.6) is 5.75 Å². The number of hydrogen-bond acceptors (Lipinski definition) is 2. The van der Waals surface area contributed by atoms with Crippen molar-refractivity contribution >= 4 is 21.9 Å². The predicted molar refractivity (Wildman–Crippen MR) is 47.7 cm³/mol. The SMILES string of the molecule is O=C(O)c1ccc(O)c(CBr)c1. The van der Waals surface area contributed by atoms with Crippen molar-refractivity contribution in [2.75, 3.05) is 0 Å².